The predicted octanol–water partition coefficient (Wildman–Crippen LogP) is 10.2. The van der Waals surface area contributed by atoms with E-state index in [-0.39, 0.29) is 12.5 Å². The first-order valence-electron chi connectivity index (χ1n) is 23.4. The summed E-state index contributed by atoms with van der Waals surface area (Å²) in [5, 5.41) is 54.0. The summed E-state index contributed by atoms with van der Waals surface area (Å²) in [6.07, 6.45) is 56.5. The van der Waals surface area contributed by atoms with Crippen molar-refractivity contribution in [3.8, 4) is 0 Å². The topological polar surface area (TPSA) is 149 Å². The van der Waals surface area contributed by atoms with Gasteiger partial charge in [-0.15, -0.1) is 0 Å². The lowest BCUT2D eigenvalue weighted by Gasteiger charge is -2.40. The molecule has 62 heavy (non-hydrogen) atoms. The SMILES string of the molecule is CC/C=C\C/C=C\C/C=C\C/C=C\C/C=C\C/C=C\C/C=C\C/C=C\CCCCCCC(=O)NC(COC1OC(CO)C(O)C(O)C1O)C(O)/C=C/CC/C=C/CC/C=C/CC. The van der Waals surface area contributed by atoms with Crippen LogP contribution in [0.25, 0.3) is 0 Å². The molecule has 7 unspecified atom stereocenters. The fourth-order valence-corrected chi connectivity index (χ4v) is 6.27. The third-order valence-corrected chi connectivity index (χ3v) is 9.95. The normalized spacial score (nSPS) is 21.6. The number of carbonyl (C=O) groups is 1. The molecule has 1 fully saturated rings. The van der Waals surface area contributed by atoms with Gasteiger partial charge in [0.1, 0.15) is 24.4 Å². The van der Waals surface area contributed by atoms with Crippen LogP contribution in [0.3, 0.4) is 0 Å². The van der Waals surface area contributed by atoms with Crippen molar-refractivity contribution in [2.45, 2.75) is 179 Å². The van der Waals surface area contributed by atoms with Crippen molar-refractivity contribution in [1.29, 1.82) is 0 Å². The Bertz CT molecular complexity index is 1420. The zero-order chi connectivity index (χ0) is 45.1. The number of ether oxygens (including phenoxy) is 2. The van der Waals surface area contributed by atoms with E-state index in [1.54, 1.807) is 6.08 Å². The maximum absolute atomic E-state index is 12.9. The Kier molecular flexibility index (Phi) is 37.6. The second-order valence-corrected chi connectivity index (χ2v) is 15.4. The quantitative estimate of drug-likeness (QED) is 0.0269. The molecule has 7 atom stereocenters. The third kappa shape index (κ3) is 31.2. The summed E-state index contributed by atoms with van der Waals surface area (Å²) in [7, 11) is 0. The molecule has 0 bridgehead atoms. The minimum atomic E-state index is -1.59. The number of amides is 1. The number of hydrogen-bond acceptors (Lipinski definition) is 8. The Morgan fingerprint density at radius 2 is 0.968 bits per heavy atom. The van der Waals surface area contributed by atoms with E-state index in [1.165, 1.54) is 0 Å². The molecule has 0 aromatic rings. The molecule has 9 heteroatoms. The van der Waals surface area contributed by atoms with Crippen molar-refractivity contribution in [2.75, 3.05) is 13.2 Å². The lowest BCUT2D eigenvalue weighted by molar-refractivity contribution is -0.302. The number of aliphatic hydroxyl groups excluding tert-OH is 5. The van der Waals surface area contributed by atoms with Gasteiger partial charge < -0.3 is 40.3 Å². The lowest BCUT2D eigenvalue weighted by atomic mass is 9.99. The lowest BCUT2D eigenvalue weighted by Crippen LogP contribution is -2.60. The molecule has 0 radical (unpaired) electrons. The van der Waals surface area contributed by atoms with E-state index in [1.807, 2.05) is 6.08 Å². The van der Waals surface area contributed by atoms with Crippen LogP contribution in [-0.2, 0) is 14.3 Å². The highest BCUT2D eigenvalue weighted by atomic mass is 16.7. The van der Waals surface area contributed by atoms with E-state index in [0.29, 0.717) is 19.3 Å². The van der Waals surface area contributed by atoms with Crippen LogP contribution in [0.4, 0.5) is 0 Å². The number of unbranched alkanes of at least 4 members (excludes halogenated alkanes) is 6. The summed E-state index contributed by atoms with van der Waals surface area (Å²) in [5.41, 5.74) is 0. The Morgan fingerprint density at radius 3 is 1.47 bits per heavy atom. The minimum Gasteiger partial charge on any atom is -0.394 e. The van der Waals surface area contributed by atoms with E-state index < -0.39 is 49.5 Å². The molecule has 9 nitrogen and oxygen atoms in total. The number of rotatable bonds is 36. The van der Waals surface area contributed by atoms with Crippen LogP contribution in [0.5, 0.6) is 0 Å². The van der Waals surface area contributed by atoms with E-state index in [4.69, 9.17) is 9.47 Å². The zero-order valence-corrected chi connectivity index (χ0v) is 38.1. The average Bonchev–Trinajstić information content (AvgIpc) is 3.27. The van der Waals surface area contributed by atoms with Crippen LogP contribution in [-0.4, -0.2) is 87.5 Å². The molecular formula is C53H83NO8. The average molecular weight is 862 g/mol. The molecule has 1 amide bonds. The van der Waals surface area contributed by atoms with Crippen molar-refractivity contribution >= 4 is 5.91 Å². The first-order valence-corrected chi connectivity index (χ1v) is 23.4. The maximum Gasteiger partial charge on any atom is 0.220 e. The van der Waals surface area contributed by atoms with Crippen LogP contribution < -0.4 is 5.32 Å². The molecule has 0 aliphatic carbocycles. The van der Waals surface area contributed by atoms with Crippen molar-refractivity contribution in [3.05, 3.63) is 134 Å². The summed E-state index contributed by atoms with van der Waals surface area (Å²) in [6, 6.07) is -0.850. The van der Waals surface area contributed by atoms with Gasteiger partial charge in [-0.3, -0.25) is 4.79 Å². The van der Waals surface area contributed by atoms with Gasteiger partial charge in [0.15, 0.2) is 6.29 Å². The van der Waals surface area contributed by atoms with Gasteiger partial charge in [-0.25, -0.2) is 0 Å². The number of hydrogen-bond donors (Lipinski definition) is 6. The molecule has 6 N–H and O–H groups in total. The standard InChI is InChI=1S/C53H83NO8/c1-3-5-7-9-11-13-15-16-17-18-19-20-21-22-23-24-25-26-27-28-29-30-31-32-33-35-37-39-41-43-49(57)54-46(45-61-53-52(60)51(59)50(58)48(44-55)62-53)47(56)42-40-38-36-34-14-12-10-8-6-4-2/h5-8,11,13-14,16-17,19-20,22-23,25-26,28-29,31-32,34,40,42,46-48,50-53,55-56,58-60H,3-4,9-10,12,15,18,21,24,27,30,33,35-39,41,43-45H2,1-2H3,(H,54,57)/b7-5-,8-6+,13-11-,17-16-,20-19-,23-22-,26-25-,29-28-,32-31-,34-14+,42-40+. The van der Waals surface area contributed by atoms with Crippen LogP contribution >= 0.6 is 0 Å². The van der Waals surface area contributed by atoms with Gasteiger partial charge in [-0.05, 0) is 103 Å². The molecule has 1 aliphatic rings. The molecule has 1 rings (SSSR count). The number of aliphatic hydroxyl groups is 5. The highest BCUT2D eigenvalue weighted by molar-refractivity contribution is 5.76. The van der Waals surface area contributed by atoms with Crippen molar-refractivity contribution in [1.82, 2.24) is 5.32 Å². The molecule has 0 saturated carbocycles. The first-order chi connectivity index (χ1) is 30.3. The number of nitrogens with one attached hydrogen (secondary N) is 1. The Morgan fingerprint density at radius 1 is 0.548 bits per heavy atom. The van der Waals surface area contributed by atoms with Crippen molar-refractivity contribution in [2.24, 2.45) is 0 Å². The molecule has 1 aliphatic heterocycles. The van der Waals surface area contributed by atoms with E-state index in [0.717, 1.165) is 103 Å². The van der Waals surface area contributed by atoms with Crippen LogP contribution in [0.15, 0.2) is 134 Å². The third-order valence-electron chi connectivity index (χ3n) is 9.95. The Balaban J connectivity index is 2.30. The molecule has 0 spiro atoms. The van der Waals surface area contributed by atoms with E-state index in [2.05, 4.69) is 141 Å². The van der Waals surface area contributed by atoms with Crippen molar-refractivity contribution in [3.63, 3.8) is 0 Å². The fraction of sp³-hybridized carbons (Fsp3) is 0.566. The smallest absolute Gasteiger partial charge is 0.220 e. The summed E-state index contributed by atoms with van der Waals surface area (Å²) >= 11 is 0. The van der Waals surface area contributed by atoms with Gasteiger partial charge in [0.05, 0.1) is 25.4 Å². The Labute approximate surface area is 375 Å². The van der Waals surface area contributed by atoms with Gasteiger partial charge >= 0.3 is 0 Å². The highest BCUT2D eigenvalue weighted by Gasteiger charge is 2.44. The molecule has 0 aromatic heterocycles. The zero-order valence-electron chi connectivity index (χ0n) is 38.1. The summed E-state index contributed by atoms with van der Waals surface area (Å²) in [5.74, 6) is -0.226. The molecule has 348 valence electrons. The number of allylic oxidation sites excluding steroid dienone is 21. The highest BCUT2D eigenvalue weighted by Crippen LogP contribution is 2.22. The molecular weight excluding hydrogens is 779 g/mol. The van der Waals surface area contributed by atoms with E-state index in [9.17, 15) is 30.3 Å². The van der Waals surface area contributed by atoms with Crippen LogP contribution in [0.2, 0.25) is 0 Å². The number of carbonyl (C=O) groups excluding carboxylic acids is 1. The van der Waals surface area contributed by atoms with E-state index >= 15 is 0 Å². The minimum absolute atomic E-state index is 0.226. The predicted molar refractivity (Wildman–Crippen MR) is 257 cm³/mol. The summed E-state index contributed by atoms with van der Waals surface area (Å²) in [4.78, 5) is 12.9. The summed E-state index contributed by atoms with van der Waals surface area (Å²) in [6.45, 7) is 3.46. The van der Waals surface area contributed by atoms with Gasteiger partial charge in [-0.2, -0.15) is 0 Å². The van der Waals surface area contributed by atoms with Crippen LogP contribution in [0.1, 0.15) is 136 Å². The van der Waals surface area contributed by atoms with Gasteiger partial charge in [0.25, 0.3) is 0 Å². The largest absolute Gasteiger partial charge is 0.394 e. The second kappa shape index (κ2) is 41.3. The maximum atomic E-state index is 12.9. The summed E-state index contributed by atoms with van der Waals surface area (Å²) < 4.78 is 11.1. The second-order valence-electron chi connectivity index (χ2n) is 15.4. The molecule has 1 heterocycles. The van der Waals surface area contributed by atoms with Gasteiger partial charge in [-0.1, -0.05) is 160 Å². The monoisotopic (exact) mass is 862 g/mol. The first kappa shape index (κ1) is 56.3. The molecule has 0 aromatic carbocycles. The van der Waals surface area contributed by atoms with Crippen LogP contribution in [0, 0.1) is 0 Å². The fourth-order valence-electron chi connectivity index (χ4n) is 6.27. The molecule has 1 saturated heterocycles. The van der Waals surface area contributed by atoms with Gasteiger partial charge in [0.2, 0.25) is 5.91 Å². The Hall–Kier alpha value is -3.67. The van der Waals surface area contributed by atoms with Crippen molar-refractivity contribution < 1.29 is 39.8 Å². The van der Waals surface area contributed by atoms with Gasteiger partial charge in [0, 0.05) is 6.42 Å².